The van der Waals surface area contributed by atoms with Crippen molar-refractivity contribution in [3.8, 4) is 6.07 Å². The van der Waals surface area contributed by atoms with E-state index < -0.39 is 0 Å². The Kier molecular flexibility index (Phi) is 6.08. The molecule has 0 aliphatic heterocycles. The Morgan fingerprint density at radius 2 is 1.82 bits per heavy atom. The summed E-state index contributed by atoms with van der Waals surface area (Å²) in [5.41, 5.74) is 4.42. The zero-order valence-electron chi connectivity index (χ0n) is 16.7. The number of carbonyl (C=O) groups excluding carboxylic acids is 1. The molecule has 0 saturated carbocycles. The second-order valence-corrected chi connectivity index (χ2v) is 8.16. The molecule has 0 aliphatic carbocycles. The Bertz CT molecular complexity index is 1030. The molecule has 2 aromatic carbocycles. The van der Waals surface area contributed by atoms with Crippen LogP contribution in [-0.2, 0) is 0 Å². The van der Waals surface area contributed by atoms with Gasteiger partial charge >= 0.3 is 0 Å². The first-order chi connectivity index (χ1) is 13.4. The molecule has 5 nitrogen and oxygen atoms in total. The number of nitriles is 1. The van der Waals surface area contributed by atoms with Gasteiger partial charge in [-0.3, -0.25) is 9.69 Å². The van der Waals surface area contributed by atoms with Crippen LogP contribution in [0, 0.1) is 25.2 Å². The standard InChI is InChI=1S/C22H24N4OS/c1-15-6-11-19-20(16(15)2)24-22(28-19)26(13-5-12-25(3)4)21(27)18-9-7-17(14-23)8-10-18/h6-11H,5,12-13H2,1-4H3. The minimum absolute atomic E-state index is 0.0864. The molecule has 0 spiro atoms. The van der Waals surface area contributed by atoms with Crippen molar-refractivity contribution in [2.45, 2.75) is 20.3 Å². The number of aryl methyl sites for hydroxylation is 2. The van der Waals surface area contributed by atoms with Crippen molar-refractivity contribution in [1.82, 2.24) is 9.88 Å². The van der Waals surface area contributed by atoms with Crippen molar-refractivity contribution in [3.05, 3.63) is 58.7 Å². The fourth-order valence-corrected chi connectivity index (χ4v) is 4.05. The van der Waals surface area contributed by atoms with Crippen LogP contribution in [-0.4, -0.2) is 43.0 Å². The van der Waals surface area contributed by atoms with Gasteiger partial charge in [-0.2, -0.15) is 5.26 Å². The maximum Gasteiger partial charge on any atom is 0.260 e. The number of hydrogen-bond donors (Lipinski definition) is 0. The van der Waals surface area contributed by atoms with Gasteiger partial charge in [-0.25, -0.2) is 4.98 Å². The van der Waals surface area contributed by atoms with E-state index in [1.807, 2.05) is 14.1 Å². The summed E-state index contributed by atoms with van der Waals surface area (Å²) in [7, 11) is 4.05. The van der Waals surface area contributed by atoms with Crippen molar-refractivity contribution in [2.24, 2.45) is 0 Å². The highest BCUT2D eigenvalue weighted by molar-refractivity contribution is 7.22. The molecule has 0 saturated heterocycles. The summed E-state index contributed by atoms with van der Waals surface area (Å²) >= 11 is 1.55. The molecule has 0 atom stereocenters. The lowest BCUT2D eigenvalue weighted by molar-refractivity contribution is 0.0986. The van der Waals surface area contributed by atoms with E-state index in [2.05, 4.69) is 36.9 Å². The molecule has 0 aliphatic rings. The van der Waals surface area contributed by atoms with Crippen LogP contribution in [0.3, 0.4) is 0 Å². The second-order valence-electron chi connectivity index (χ2n) is 7.15. The Labute approximate surface area is 169 Å². The minimum atomic E-state index is -0.0864. The van der Waals surface area contributed by atoms with Crippen LogP contribution >= 0.6 is 11.3 Å². The smallest absolute Gasteiger partial charge is 0.260 e. The molecule has 3 aromatic rings. The predicted molar refractivity (Wildman–Crippen MR) is 115 cm³/mol. The molecule has 6 heteroatoms. The number of aromatic nitrogens is 1. The molecule has 1 aromatic heterocycles. The summed E-state index contributed by atoms with van der Waals surface area (Å²) in [6, 6.07) is 13.0. The first-order valence-electron chi connectivity index (χ1n) is 9.24. The van der Waals surface area contributed by atoms with E-state index in [1.165, 1.54) is 5.56 Å². The number of carbonyl (C=O) groups is 1. The normalized spacial score (nSPS) is 11.0. The lowest BCUT2D eigenvalue weighted by Gasteiger charge is -2.21. The Balaban J connectivity index is 1.97. The highest BCUT2D eigenvalue weighted by Gasteiger charge is 2.22. The van der Waals surface area contributed by atoms with E-state index >= 15 is 0 Å². The van der Waals surface area contributed by atoms with E-state index in [4.69, 9.17) is 10.2 Å². The van der Waals surface area contributed by atoms with Gasteiger partial charge in [0.1, 0.15) is 0 Å². The van der Waals surface area contributed by atoms with Gasteiger partial charge in [0.05, 0.1) is 21.8 Å². The SMILES string of the molecule is Cc1ccc2sc(N(CCCN(C)C)C(=O)c3ccc(C#N)cc3)nc2c1C. The third kappa shape index (κ3) is 4.22. The van der Waals surface area contributed by atoms with Crippen molar-refractivity contribution >= 4 is 32.6 Å². The van der Waals surface area contributed by atoms with Gasteiger partial charge in [0.25, 0.3) is 5.91 Å². The molecule has 0 unspecified atom stereocenters. The van der Waals surface area contributed by atoms with Gasteiger partial charge in [-0.05, 0) is 82.4 Å². The van der Waals surface area contributed by atoms with E-state index in [-0.39, 0.29) is 5.91 Å². The average molecular weight is 393 g/mol. The number of anilines is 1. The van der Waals surface area contributed by atoms with E-state index in [9.17, 15) is 4.79 Å². The van der Waals surface area contributed by atoms with Crippen LogP contribution in [0.25, 0.3) is 10.2 Å². The quantitative estimate of drug-likeness (QED) is 0.624. The molecule has 0 radical (unpaired) electrons. The van der Waals surface area contributed by atoms with Crippen LogP contribution < -0.4 is 4.90 Å². The summed E-state index contributed by atoms with van der Waals surface area (Å²) in [4.78, 5) is 21.9. The summed E-state index contributed by atoms with van der Waals surface area (Å²) in [5.74, 6) is -0.0864. The fourth-order valence-electron chi connectivity index (χ4n) is 3.00. The van der Waals surface area contributed by atoms with Crippen LogP contribution in [0.1, 0.15) is 33.5 Å². The molecular formula is C22H24N4OS. The van der Waals surface area contributed by atoms with Gasteiger partial charge in [-0.15, -0.1) is 0 Å². The predicted octanol–water partition coefficient (Wildman–Crippen LogP) is 4.38. The van der Waals surface area contributed by atoms with E-state index in [1.54, 1.807) is 40.5 Å². The lowest BCUT2D eigenvalue weighted by atomic mass is 10.1. The van der Waals surface area contributed by atoms with E-state index in [0.29, 0.717) is 17.7 Å². The molecule has 1 amide bonds. The number of nitrogens with zero attached hydrogens (tertiary/aromatic N) is 4. The summed E-state index contributed by atoms with van der Waals surface area (Å²) in [6.07, 6.45) is 0.850. The third-order valence-electron chi connectivity index (χ3n) is 4.80. The number of rotatable bonds is 6. The van der Waals surface area contributed by atoms with Crippen molar-refractivity contribution < 1.29 is 4.79 Å². The first kappa shape index (κ1) is 20.0. The maximum atomic E-state index is 13.2. The van der Waals surface area contributed by atoms with Crippen molar-refractivity contribution in [1.29, 1.82) is 5.26 Å². The molecule has 1 heterocycles. The summed E-state index contributed by atoms with van der Waals surface area (Å²) < 4.78 is 1.09. The Hall–Kier alpha value is -2.75. The van der Waals surface area contributed by atoms with Crippen molar-refractivity contribution in [2.75, 3.05) is 32.1 Å². The molecular weight excluding hydrogens is 368 g/mol. The lowest BCUT2D eigenvalue weighted by Crippen LogP contribution is -2.33. The monoisotopic (exact) mass is 392 g/mol. The summed E-state index contributed by atoms with van der Waals surface area (Å²) in [6.45, 7) is 5.62. The Morgan fingerprint density at radius 1 is 1.11 bits per heavy atom. The second kappa shape index (κ2) is 8.51. The number of fused-ring (bicyclic) bond motifs is 1. The molecule has 144 valence electrons. The summed E-state index contributed by atoms with van der Waals surface area (Å²) in [5, 5.41) is 9.71. The largest absolute Gasteiger partial charge is 0.309 e. The van der Waals surface area contributed by atoms with Gasteiger partial charge < -0.3 is 4.90 Å². The Morgan fingerprint density at radius 3 is 2.46 bits per heavy atom. The van der Waals surface area contributed by atoms with Gasteiger partial charge in [0.2, 0.25) is 0 Å². The molecule has 0 fully saturated rings. The highest BCUT2D eigenvalue weighted by Crippen LogP contribution is 2.32. The zero-order chi connectivity index (χ0) is 20.3. The average Bonchev–Trinajstić information content (AvgIpc) is 3.12. The molecule has 28 heavy (non-hydrogen) atoms. The minimum Gasteiger partial charge on any atom is -0.309 e. The van der Waals surface area contributed by atoms with Crippen LogP contribution in [0.2, 0.25) is 0 Å². The zero-order valence-corrected chi connectivity index (χ0v) is 17.5. The maximum absolute atomic E-state index is 13.2. The van der Waals surface area contributed by atoms with Crippen LogP contribution in [0.15, 0.2) is 36.4 Å². The van der Waals surface area contributed by atoms with Crippen LogP contribution in [0.4, 0.5) is 5.13 Å². The number of thiazole rings is 1. The first-order valence-corrected chi connectivity index (χ1v) is 10.1. The number of hydrogen-bond acceptors (Lipinski definition) is 5. The van der Waals surface area contributed by atoms with Crippen molar-refractivity contribution in [3.63, 3.8) is 0 Å². The third-order valence-corrected chi connectivity index (χ3v) is 5.84. The number of benzene rings is 2. The van der Waals surface area contributed by atoms with Gasteiger partial charge in [-0.1, -0.05) is 17.4 Å². The molecule has 0 N–H and O–H groups in total. The fraction of sp³-hybridized carbons (Fsp3) is 0.318. The molecule has 0 bridgehead atoms. The van der Waals surface area contributed by atoms with E-state index in [0.717, 1.165) is 33.9 Å². The highest BCUT2D eigenvalue weighted by atomic mass is 32.1. The topological polar surface area (TPSA) is 60.2 Å². The number of amides is 1. The van der Waals surface area contributed by atoms with Gasteiger partial charge in [0, 0.05) is 12.1 Å². The molecule has 3 rings (SSSR count). The van der Waals surface area contributed by atoms with Crippen LogP contribution in [0.5, 0.6) is 0 Å². The van der Waals surface area contributed by atoms with Gasteiger partial charge in [0.15, 0.2) is 5.13 Å².